The zero-order valence-electron chi connectivity index (χ0n) is 7.82. The fraction of sp³-hybridized carbons (Fsp3) is 0.400. The van der Waals surface area contributed by atoms with Gasteiger partial charge in [-0.05, 0) is 37.1 Å². The minimum absolute atomic E-state index is 0.266. The van der Waals surface area contributed by atoms with Gasteiger partial charge in [0.25, 0.3) is 0 Å². The number of alkyl halides is 4. The van der Waals surface area contributed by atoms with E-state index >= 15 is 0 Å². The van der Waals surface area contributed by atoms with Crippen LogP contribution in [0.1, 0.15) is 29.0 Å². The lowest BCUT2D eigenvalue weighted by Crippen LogP contribution is -2.05. The Bertz CT molecular complexity index is 329. The highest BCUT2D eigenvalue weighted by Crippen LogP contribution is 2.32. The second kappa shape index (κ2) is 3.81. The summed E-state index contributed by atoms with van der Waals surface area (Å²) in [6.07, 6.45) is -4.28. The van der Waals surface area contributed by atoms with E-state index in [-0.39, 0.29) is 5.38 Å². The van der Waals surface area contributed by atoms with Crippen LogP contribution in [0.25, 0.3) is 0 Å². The third kappa shape index (κ3) is 2.41. The summed E-state index contributed by atoms with van der Waals surface area (Å²) in [5.74, 6) is 0. The van der Waals surface area contributed by atoms with E-state index in [0.29, 0.717) is 5.56 Å². The van der Waals surface area contributed by atoms with Gasteiger partial charge in [-0.3, -0.25) is 0 Å². The molecule has 0 saturated heterocycles. The lowest BCUT2D eigenvalue weighted by molar-refractivity contribution is -0.137. The van der Waals surface area contributed by atoms with Crippen LogP contribution in [0.3, 0.4) is 0 Å². The highest BCUT2D eigenvalue weighted by molar-refractivity contribution is 6.20. The predicted octanol–water partition coefficient (Wildman–Crippen LogP) is 4.31. The number of rotatable bonds is 1. The molecule has 0 amide bonds. The van der Waals surface area contributed by atoms with Gasteiger partial charge >= 0.3 is 6.18 Å². The van der Waals surface area contributed by atoms with E-state index in [1.54, 1.807) is 13.8 Å². The van der Waals surface area contributed by atoms with E-state index in [1.807, 2.05) is 0 Å². The Morgan fingerprint density at radius 2 is 1.86 bits per heavy atom. The van der Waals surface area contributed by atoms with Gasteiger partial charge < -0.3 is 0 Å². The number of hydrogen-bond acceptors (Lipinski definition) is 0. The third-order valence-electron chi connectivity index (χ3n) is 2.03. The predicted molar refractivity (Wildman–Crippen MR) is 50.4 cm³/mol. The molecule has 1 aromatic rings. The maximum Gasteiger partial charge on any atom is 0.416 e. The van der Waals surface area contributed by atoms with Gasteiger partial charge in [-0.25, -0.2) is 0 Å². The van der Waals surface area contributed by atoms with E-state index < -0.39 is 11.7 Å². The molecule has 78 valence electrons. The van der Waals surface area contributed by atoms with Crippen LogP contribution in [0.4, 0.5) is 13.2 Å². The van der Waals surface area contributed by atoms with Gasteiger partial charge in [-0.2, -0.15) is 13.2 Å². The molecule has 0 spiro atoms. The Hall–Kier alpha value is -0.700. The van der Waals surface area contributed by atoms with Gasteiger partial charge in [-0.15, -0.1) is 11.6 Å². The minimum Gasteiger partial charge on any atom is -0.166 e. The quantitative estimate of drug-likeness (QED) is 0.621. The van der Waals surface area contributed by atoms with Crippen molar-refractivity contribution in [2.45, 2.75) is 25.4 Å². The first-order chi connectivity index (χ1) is 6.32. The zero-order chi connectivity index (χ0) is 10.9. The van der Waals surface area contributed by atoms with Gasteiger partial charge in [-0.1, -0.05) is 6.07 Å². The molecule has 14 heavy (non-hydrogen) atoms. The summed E-state index contributed by atoms with van der Waals surface area (Å²) in [7, 11) is 0. The highest BCUT2D eigenvalue weighted by Gasteiger charge is 2.30. The number of halogens is 4. The Morgan fingerprint density at radius 3 is 2.21 bits per heavy atom. The largest absolute Gasteiger partial charge is 0.416 e. The molecule has 4 heteroatoms. The minimum atomic E-state index is -4.28. The summed E-state index contributed by atoms with van der Waals surface area (Å²) in [4.78, 5) is 0. The smallest absolute Gasteiger partial charge is 0.166 e. The maximum atomic E-state index is 12.3. The van der Waals surface area contributed by atoms with Crippen LogP contribution >= 0.6 is 11.6 Å². The SMILES string of the molecule is Cc1cc(C(F)(F)F)ccc1C(C)Cl. The van der Waals surface area contributed by atoms with Crippen molar-refractivity contribution in [2.75, 3.05) is 0 Å². The molecule has 0 aromatic heterocycles. The molecule has 0 aliphatic heterocycles. The maximum absolute atomic E-state index is 12.3. The lowest BCUT2D eigenvalue weighted by Gasteiger charge is -2.12. The Kier molecular flexibility index (Phi) is 3.10. The second-order valence-electron chi connectivity index (χ2n) is 3.19. The van der Waals surface area contributed by atoms with E-state index in [9.17, 15) is 13.2 Å². The van der Waals surface area contributed by atoms with Crippen LogP contribution in [-0.2, 0) is 6.18 Å². The van der Waals surface area contributed by atoms with E-state index in [4.69, 9.17) is 11.6 Å². The molecule has 0 nitrogen and oxygen atoms in total. The van der Waals surface area contributed by atoms with Crippen molar-refractivity contribution in [3.8, 4) is 0 Å². The average Bonchev–Trinajstić information content (AvgIpc) is 2.01. The standard InChI is InChI=1S/C10H10ClF3/c1-6-5-8(10(12,13)14)3-4-9(6)7(2)11/h3-5,7H,1-2H3. The summed E-state index contributed by atoms with van der Waals surface area (Å²) < 4.78 is 36.8. The number of aryl methyl sites for hydroxylation is 1. The lowest BCUT2D eigenvalue weighted by atomic mass is 10.0. The van der Waals surface area contributed by atoms with Crippen LogP contribution in [-0.4, -0.2) is 0 Å². The molecule has 0 aliphatic rings. The zero-order valence-corrected chi connectivity index (χ0v) is 8.58. The average molecular weight is 223 g/mol. The molecular formula is C10H10ClF3. The van der Waals surface area contributed by atoms with Crippen LogP contribution in [0.2, 0.25) is 0 Å². The van der Waals surface area contributed by atoms with Gasteiger partial charge in [0.2, 0.25) is 0 Å². The Labute approximate surface area is 85.7 Å². The topological polar surface area (TPSA) is 0 Å². The summed E-state index contributed by atoms with van der Waals surface area (Å²) >= 11 is 5.79. The summed E-state index contributed by atoms with van der Waals surface area (Å²) in [6, 6.07) is 3.60. The molecule has 1 aromatic carbocycles. The first kappa shape index (κ1) is 11.4. The van der Waals surface area contributed by atoms with Crippen molar-refractivity contribution >= 4 is 11.6 Å². The van der Waals surface area contributed by atoms with Crippen LogP contribution in [0.15, 0.2) is 18.2 Å². The Morgan fingerprint density at radius 1 is 1.29 bits per heavy atom. The van der Waals surface area contributed by atoms with Crippen molar-refractivity contribution in [3.63, 3.8) is 0 Å². The monoisotopic (exact) mass is 222 g/mol. The molecule has 1 unspecified atom stereocenters. The molecule has 0 N–H and O–H groups in total. The molecule has 0 aliphatic carbocycles. The summed E-state index contributed by atoms with van der Waals surface area (Å²) in [6.45, 7) is 3.36. The van der Waals surface area contributed by atoms with E-state index in [0.717, 1.165) is 17.7 Å². The summed E-state index contributed by atoms with van der Waals surface area (Å²) in [5.41, 5.74) is 0.679. The second-order valence-corrected chi connectivity index (χ2v) is 3.84. The molecular weight excluding hydrogens is 213 g/mol. The van der Waals surface area contributed by atoms with Crippen molar-refractivity contribution in [3.05, 3.63) is 34.9 Å². The number of hydrogen-bond donors (Lipinski definition) is 0. The fourth-order valence-electron chi connectivity index (χ4n) is 1.30. The van der Waals surface area contributed by atoms with Crippen LogP contribution in [0.5, 0.6) is 0 Å². The third-order valence-corrected chi connectivity index (χ3v) is 2.26. The van der Waals surface area contributed by atoms with E-state index in [2.05, 4.69) is 0 Å². The van der Waals surface area contributed by atoms with Crippen molar-refractivity contribution < 1.29 is 13.2 Å². The molecule has 1 atom stereocenters. The van der Waals surface area contributed by atoms with Gasteiger partial charge in [0.15, 0.2) is 0 Å². The summed E-state index contributed by atoms with van der Waals surface area (Å²) in [5, 5.41) is -0.266. The Balaban J connectivity index is 3.13. The van der Waals surface area contributed by atoms with Gasteiger partial charge in [0, 0.05) is 0 Å². The molecule has 0 radical (unpaired) electrons. The number of benzene rings is 1. The highest BCUT2D eigenvalue weighted by atomic mass is 35.5. The first-order valence-corrected chi connectivity index (χ1v) is 4.58. The van der Waals surface area contributed by atoms with E-state index in [1.165, 1.54) is 6.07 Å². The molecule has 0 heterocycles. The van der Waals surface area contributed by atoms with Crippen molar-refractivity contribution in [1.82, 2.24) is 0 Å². The molecule has 1 rings (SSSR count). The van der Waals surface area contributed by atoms with Crippen molar-refractivity contribution in [1.29, 1.82) is 0 Å². The van der Waals surface area contributed by atoms with Gasteiger partial charge in [0.05, 0.1) is 10.9 Å². The van der Waals surface area contributed by atoms with Crippen LogP contribution in [0, 0.1) is 6.92 Å². The van der Waals surface area contributed by atoms with Crippen molar-refractivity contribution in [2.24, 2.45) is 0 Å². The van der Waals surface area contributed by atoms with Gasteiger partial charge in [0.1, 0.15) is 0 Å². The molecule has 0 bridgehead atoms. The normalized spacial score (nSPS) is 14.1. The fourth-order valence-corrected chi connectivity index (χ4v) is 1.54. The first-order valence-electron chi connectivity index (χ1n) is 4.14. The molecule has 0 saturated carbocycles. The van der Waals surface area contributed by atoms with Crippen LogP contribution < -0.4 is 0 Å². The molecule has 0 fully saturated rings.